The molecule has 0 nitrogen and oxygen atoms in total. The molecule has 77 heavy (non-hydrogen) atoms. The van der Waals surface area contributed by atoms with Crippen LogP contribution in [0.5, 0.6) is 0 Å². The third-order valence-electron chi connectivity index (χ3n) is 14.1. The highest BCUT2D eigenvalue weighted by Crippen LogP contribution is 2.25. The molecule has 7 aromatic rings. The van der Waals surface area contributed by atoms with Gasteiger partial charge in [0.25, 0.3) is 0 Å². The molecule has 7 aromatic carbocycles. The van der Waals surface area contributed by atoms with Gasteiger partial charge in [-0.25, -0.2) is 0 Å². The third kappa shape index (κ3) is 27.6. The molecule has 0 atom stereocenters. The maximum atomic E-state index is 2.28. The molecule has 0 aliphatic carbocycles. The number of rotatable bonds is 7. The van der Waals surface area contributed by atoms with Crippen molar-refractivity contribution in [1.29, 1.82) is 0 Å². The lowest BCUT2D eigenvalue weighted by Gasteiger charge is -2.12. The van der Waals surface area contributed by atoms with Crippen LogP contribution in [0.1, 0.15) is 258 Å². The van der Waals surface area contributed by atoms with Crippen molar-refractivity contribution in [2.45, 2.75) is 235 Å². The average Bonchev–Trinajstić information content (AvgIpc) is 3.35. The SMILES string of the molecule is CC.CC(C)c1ccccc1.Cc1cc(C)cc(C(C)C)c1.Cc1ccc(C(C)C)c(C)c1.Cc1ccc(C(C)C)cc1C.Cc1ccc(C)c(C(C)C)c1.Cc1cccc(C(C)C)c1C.Cc1cccc(C)c1C(C)C. The Balaban J connectivity index is 0.000000871. The predicted molar refractivity (Wildman–Crippen MR) is 352 cm³/mol. The number of hydrogen-bond acceptors (Lipinski definition) is 0. The summed E-state index contributed by atoms with van der Waals surface area (Å²) in [5, 5.41) is 0. The second-order valence-electron chi connectivity index (χ2n) is 23.6. The topological polar surface area (TPSA) is 0 Å². The predicted octanol–water partition coefficient (Wildman–Crippen LogP) is 24.4. The Hall–Kier alpha value is -5.46. The Bertz CT molecular complexity index is 2650. The standard InChI is InChI=1S/6C11H16.C9H12.C2H6/c1-8(2)11-6-9(3)5-10(4)7-11;1-8(2)11-6-5-9(3)10(4)7-11;1-8(2)11-6-5-9(3)7-10(11)4;1-8(2)11-7-9(3)5-6-10(11)4;1-8(2)11-7-5-6-9(3)10(11)4;1-8(2)11-9(3)6-5-7-10(11)4;1-8(2)9-6-4-3-5-7-9;1-2/h6*5-8H,1-4H3;3-8H,1-2H3;1-2H3. The van der Waals surface area contributed by atoms with Gasteiger partial charge in [0.15, 0.2) is 0 Å². The molecule has 7 rings (SSSR count). The third-order valence-corrected chi connectivity index (χ3v) is 14.1. The zero-order valence-corrected chi connectivity index (χ0v) is 54.8. The molecule has 0 bridgehead atoms. The lowest BCUT2D eigenvalue weighted by atomic mass is 9.94. The van der Waals surface area contributed by atoms with Gasteiger partial charge >= 0.3 is 0 Å². The van der Waals surface area contributed by atoms with Gasteiger partial charge in [0, 0.05) is 0 Å². The van der Waals surface area contributed by atoms with Crippen molar-refractivity contribution < 1.29 is 0 Å². The van der Waals surface area contributed by atoms with Crippen molar-refractivity contribution in [2.24, 2.45) is 0 Å². The van der Waals surface area contributed by atoms with Crippen molar-refractivity contribution >= 4 is 0 Å². The molecule has 0 aliphatic heterocycles. The van der Waals surface area contributed by atoms with E-state index in [2.05, 4.69) is 313 Å². The summed E-state index contributed by atoms with van der Waals surface area (Å²) >= 11 is 0. The molecular formula is C77H114. The van der Waals surface area contributed by atoms with E-state index in [0.29, 0.717) is 41.4 Å². The van der Waals surface area contributed by atoms with Crippen molar-refractivity contribution in [3.63, 3.8) is 0 Å². The van der Waals surface area contributed by atoms with Gasteiger partial charge in [-0.15, -0.1) is 0 Å². The molecule has 0 heteroatoms. The first kappa shape index (κ1) is 71.5. The largest absolute Gasteiger partial charge is 0.0683 e. The van der Waals surface area contributed by atoms with Crippen molar-refractivity contribution in [1.82, 2.24) is 0 Å². The Kier molecular flexibility index (Phi) is 34.7. The molecular weight excluding hydrogens is 925 g/mol. The zero-order chi connectivity index (χ0) is 59.3. The molecule has 0 saturated carbocycles. The van der Waals surface area contributed by atoms with E-state index in [9.17, 15) is 0 Å². The van der Waals surface area contributed by atoms with E-state index in [0.717, 1.165) is 0 Å². The summed E-state index contributed by atoms with van der Waals surface area (Å²) in [7, 11) is 0. The van der Waals surface area contributed by atoms with E-state index in [1.165, 1.54) is 106 Å². The highest BCUT2D eigenvalue weighted by molar-refractivity contribution is 5.38. The number of aryl methyl sites for hydroxylation is 11. The van der Waals surface area contributed by atoms with E-state index in [-0.39, 0.29) is 0 Å². The van der Waals surface area contributed by atoms with E-state index in [4.69, 9.17) is 0 Å². The molecule has 0 fully saturated rings. The van der Waals surface area contributed by atoms with Gasteiger partial charge < -0.3 is 0 Å². The smallest absolute Gasteiger partial charge is 0.0214 e. The van der Waals surface area contributed by atoms with Crippen LogP contribution in [0, 0.1) is 83.1 Å². The van der Waals surface area contributed by atoms with Crippen molar-refractivity contribution in [3.05, 3.63) is 245 Å². The fraction of sp³-hybridized carbons (Fsp3) is 0.455. The first-order valence-corrected chi connectivity index (χ1v) is 29.4. The summed E-state index contributed by atoms with van der Waals surface area (Å²) in [6.45, 7) is 61.2. The second-order valence-corrected chi connectivity index (χ2v) is 23.6. The minimum atomic E-state index is 0.647. The molecule has 0 aromatic heterocycles. The van der Waals surface area contributed by atoms with Crippen LogP contribution in [0.4, 0.5) is 0 Å². The second kappa shape index (κ2) is 37.4. The molecule has 0 heterocycles. The van der Waals surface area contributed by atoms with Crippen LogP contribution >= 0.6 is 0 Å². The van der Waals surface area contributed by atoms with Crippen LogP contribution in [0.3, 0.4) is 0 Å². The quantitative estimate of drug-likeness (QED) is 0.149. The summed E-state index contributed by atoms with van der Waals surface area (Å²) in [4.78, 5) is 0. The first-order chi connectivity index (χ1) is 36.0. The number of hydrogen-bond donors (Lipinski definition) is 0. The van der Waals surface area contributed by atoms with Gasteiger partial charge in [0.1, 0.15) is 0 Å². The normalized spacial score (nSPS) is 10.4. The van der Waals surface area contributed by atoms with Crippen LogP contribution in [0.25, 0.3) is 0 Å². The Morgan fingerprint density at radius 1 is 0.221 bits per heavy atom. The Labute approximate surface area is 478 Å². The van der Waals surface area contributed by atoms with Crippen LogP contribution < -0.4 is 0 Å². The van der Waals surface area contributed by atoms with Crippen LogP contribution in [0.15, 0.2) is 140 Å². The van der Waals surface area contributed by atoms with Gasteiger partial charge in [0.2, 0.25) is 0 Å². The molecule has 0 amide bonds. The summed E-state index contributed by atoms with van der Waals surface area (Å²) in [5.74, 6) is 4.55. The van der Waals surface area contributed by atoms with E-state index in [1.807, 2.05) is 19.9 Å². The fourth-order valence-electron chi connectivity index (χ4n) is 9.30. The molecule has 0 N–H and O–H groups in total. The van der Waals surface area contributed by atoms with Crippen LogP contribution in [-0.4, -0.2) is 0 Å². The van der Waals surface area contributed by atoms with Gasteiger partial charge in [-0.3, -0.25) is 0 Å². The van der Waals surface area contributed by atoms with E-state index in [1.54, 1.807) is 0 Å². The summed E-state index contributed by atoms with van der Waals surface area (Å²) in [5.41, 5.74) is 27.0. The summed E-state index contributed by atoms with van der Waals surface area (Å²) in [6, 6.07) is 50.3. The van der Waals surface area contributed by atoms with E-state index < -0.39 is 0 Å². The molecule has 0 saturated heterocycles. The fourth-order valence-corrected chi connectivity index (χ4v) is 9.30. The zero-order valence-electron chi connectivity index (χ0n) is 54.8. The van der Waals surface area contributed by atoms with E-state index >= 15 is 0 Å². The summed E-state index contributed by atoms with van der Waals surface area (Å²) < 4.78 is 0. The molecule has 0 unspecified atom stereocenters. The lowest BCUT2D eigenvalue weighted by molar-refractivity contribution is 0.846. The van der Waals surface area contributed by atoms with Gasteiger partial charge in [-0.2, -0.15) is 0 Å². The minimum absolute atomic E-state index is 0.647. The highest BCUT2D eigenvalue weighted by atomic mass is 14.1. The van der Waals surface area contributed by atoms with Gasteiger partial charge in [0.05, 0.1) is 0 Å². The number of benzene rings is 7. The Morgan fingerprint density at radius 3 is 1.05 bits per heavy atom. The minimum Gasteiger partial charge on any atom is -0.0683 e. The molecule has 0 spiro atoms. The molecule has 0 radical (unpaired) electrons. The maximum absolute atomic E-state index is 2.28. The highest BCUT2D eigenvalue weighted by Gasteiger charge is 2.07. The first-order valence-electron chi connectivity index (χ1n) is 29.4. The van der Waals surface area contributed by atoms with Gasteiger partial charge in [-0.05, 0) is 208 Å². The van der Waals surface area contributed by atoms with Crippen LogP contribution in [-0.2, 0) is 0 Å². The summed E-state index contributed by atoms with van der Waals surface area (Å²) in [6.07, 6.45) is 0. The van der Waals surface area contributed by atoms with Crippen LogP contribution in [0.2, 0.25) is 0 Å². The van der Waals surface area contributed by atoms with Crippen molar-refractivity contribution in [3.8, 4) is 0 Å². The average molecular weight is 1040 g/mol. The Morgan fingerprint density at radius 2 is 0.662 bits per heavy atom. The molecule has 422 valence electrons. The maximum Gasteiger partial charge on any atom is -0.0214 e. The van der Waals surface area contributed by atoms with Gasteiger partial charge in [-0.1, -0.05) is 273 Å². The molecule has 0 aliphatic rings. The van der Waals surface area contributed by atoms with Crippen molar-refractivity contribution in [2.75, 3.05) is 0 Å². The lowest BCUT2D eigenvalue weighted by Crippen LogP contribution is -1.94. The monoisotopic (exact) mass is 1040 g/mol.